The number of urea groups is 1. The fourth-order valence-corrected chi connectivity index (χ4v) is 3.86. The summed E-state index contributed by atoms with van der Waals surface area (Å²) < 4.78 is 8.43. The molecule has 9 heteroatoms. The number of aromatic nitrogens is 3. The molecule has 0 unspecified atom stereocenters. The largest absolute Gasteiger partial charge is 0.497 e. The minimum Gasteiger partial charge on any atom is -0.497 e. The van der Waals surface area contributed by atoms with E-state index in [0.29, 0.717) is 16.7 Å². The number of carbonyl (C=O) groups excluding carboxylic acids is 2. The Balaban J connectivity index is 1.55. The molecule has 1 atom stereocenters. The normalized spacial score (nSPS) is 17.8. The lowest BCUT2D eigenvalue weighted by atomic mass is 9.99. The van der Waals surface area contributed by atoms with E-state index in [9.17, 15) is 14.7 Å². The molecule has 3 amide bonds. The molecular weight excluding hydrogens is 410 g/mol. The quantitative estimate of drug-likeness (QED) is 0.340. The summed E-state index contributed by atoms with van der Waals surface area (Å²) in [6.45, 7) is -0.0739. The monoisotopic (exact) mass is 429 g/mol. The third kappa shape index (κ3) is 3.18. The lowest BCUT2D eigenvalue weighted by molar-refractivity contribution is -0.122. The predicted octanol–water partition coefficient (Wildman–Crippen LogP) is 1.87. The highest BCUT2D eigenvalue weighted by Gasteiger charge is 2.46. The van der Waals surface area contributed by atoms with E-state index in [1.807, 2.05) is 25.4 Å². The van der Waals surface area contributed by atoms with Gasteiger partial charge in [-0.05, 0) is 36.4 Å². The van der Waals surface area contributed by atoms with Gasteiger partial charge in [-0.2, -0.15) is 5.10 Å². The highest BCUT2D eigenvalue weighted by Crippen LogP contribution is 2.32. The first-order valence-electron chi connectivity index (χ1n) is 9.83. The number of amides is 3. The number of hydrogen-bond acceptors (Lipinski definition) is 5. The Morgan fingerprint density at radius 3 is 2.75 bits per heavy atom. The van der Waals surface area contributed by atoms with Crippen LogP contribution in [0.4, 0.5) is 4.79 Å². The second-order valence-electron chi connectivity index (χ2n) is 7.67. The molecule has 32 heavy (non-hydrogen) atoms. The Morgan fingerprint density at radius 2 is 2.00 bits per heavy atom. The number of carbonyl (C=O) groups is 2. The fraction of sp³-hybridized carbons (Fsp3) is 0.174. The van der Waals surface area contributed by atoms with Crippen LogP contribution in [0.2, 0.25) is 0 Å². The topological polar surface area (TPSA) is 110 Å². The van der Waals surface area contributed by atoms with Crippen molar-refractivity contribution in [3.05, 3.63) is 54.4 Å². The Labute approximate surface area is 182 Å². The Morgan fingerprint density at radius 1 is 1.16 bits per heavy atom. The van der Waals surface area contributed by atoms with Gasteiger partial charge in [-0.3, -0.25) is 14.8 Å². The fourth-order valence-electron chi connectivity index (χ4n) is 3.86. The van der Waals surface area contributed by atoms with Gasteiger partial charge in [-0.15, -0.1) is 0 Å². The van der Waals surface area contributed by atoms with Crippen LogP contribution in [0, 0.1) is 11.8 Å². The maximum Gasteiger partial charge on any atom is 0.323 e. The molecule has 5 rings (SSSR count). The summed E-state index contributed by atoms with van der Waals surface area (Å²) in [7, 11) is 3.38. The van der Waals surface area contributed by atoms with Gasteiger partial charge < -0.3 is 19.7 Å². The van der Waals surface area contributed by atoms with E-state index >= 15 is 0 Å². The molecule has 1 aliphatic rings. The van der Waals surface area contributed by atoms with E-state index in [-0.39, 0.29) is 12.4 Å². The minimum atomic E-state index is -1.54. The zero-order valence-corrected chi connectivity index (χ0v) is 17.3. The smallest absolute Gasteiger partial charge is 0.323 e. The molecular formula is C23H19N5O4. The first kappa shape index (κ1) is 19.5. The van der Waals surface area contributed by atoms with Crippen LogP contribution < -0.4 is 15.4 Å². The molecule has 0 radical (unpaired) electrons. The van der Waals surface area contributed by atoms with Crippen molar-refractivity contribution < 1.29 is 19.4 Å². The first-order chi connectivity index (χ1) is 15.4. The van der Waals surface area contributed by atoms with Crippen LogP contribution in [0.25, 0.3) is 21.7 Å². The molecule has 0 aliphatic carbocycles. The summed E-state index contributed by atoms with van der Waals surface area (Å²) in [4.78, 5) is 24.7. The van der Waals surface area contributed by atoms with E-state index in [1.165, 1.54) is 4.57 Å². The van der Waals surface area contributed by atoms with Crippen LogP contribution in [0.1, 0.15) is 5.56 Å². The van der Waals surface area contributed by atoms with Crippen molar-refractivity contribution in [1.29, 1.82) is 0 Å². The van der Waals surface area contributed by atoms with Crippen molar-refractivity contribution in [2.45, 2.75) is 12.1 Å². The molecule has 9 nitrogen and oxygen atoms in total. The maximum absolute atomic E-state index is 12.7. The van der Waals surface area contributed by atoms with Crippen LogP contribution >= 0.6 is 0 Å². The number of aryl methyl sites for hydroxylation is 1. The molecule has 3 heterocycles. The SMILES string of the molecule is COc1ccc2cn(C[C@@]3(C#Cc4ccc5nn(C)cc5c4)NC(=O)NC3=O)c(O)c2c1. The van der Waals surface area contributed by atoms with Crippen LogP contribution in [0.5, 0.6) is 11.6 Å². The van der Waals surface area contributed by atoms with Gasteiger partial charge in [0.1, 0.15) is 5.75 Å². The van der Waals surface area contributed by atoms with Crippen molar-refractivity contribution in [2.24, 2.45) is 7.05 Å². The van der Waals surface area contributed by atoms with Gasteiger partial charge in [-0.25, -0.2) is 4.79 Å². The van der Waals surface area contributed by atoms with Crippen molar-refractivity contribution in [2.75, 3.05) is 7.11 Å². The molecule has 2 aromatic carbocycles. The Hall–Kier alpha value is -4.45. The van der Waals surface area contributed by atoms with Crippen LogP contribution in [-0.4, -0.2) is 44.0 Å². The number of methoxy groups -OCH3 is 1. The molecule has 0 spiro atoms. The second kappa shape index (κ2) is 7.06. The summed E-state index contributed by atoms with van der Waals surface area (Å²) in [5.41, 5.74) is -0.0399. The number of hydrogen-bond donors (Lipinski definition) is 3. The van der Waals surface area contributed by atoms with Gasteiger partial charge in [0.25, 0.3) is 5.91 Å². The summed E-state index contributed by atoms with van der Waals surface area (Å²) >= 11 is 0. The van der Waals surface area contributed by atoms with E-state index in [4.69, 9.17) is 4.74 Å². The van der Waals surface area contributed by atoms with E-state index in [1.54, 1.807) is 42.3 Å². The van der Waals surface area contributed by atoms with Gasteiger partial charge >= 0.3 is 6.03 Å². The highest BCUT2D eigenvalue weighted by atomic mass is 16.5. The first-order valence-corrected chi connectivity index (χ1v) is 9.83. The molecule has 1 aliphatic heterocycles. The van der Waals surface area contributed by atoms with Crippen molar-refractivity contribution >= 4 is 33.6 Å². The lowest BCUT2D eigenvalue weighted by Crippen LogP contribution is -2.49. The zero-order chi connectivity index (χ0) is 22.5. The van der Waals surface area contributed by atoms with Gasteiger partial charge in [0.2, 0.25) is 5.54 Å². The van der Waals surface area contributed by atoms with Crippen molar-refractivity contribution in [1.82, 2.24) is 25.0 Å². The Bertz CT molecular complexity index is 1470. The molecule has 2 aromatic heterocycles. The number of aromatic hydroxyl groups is 1. The molecule has 1 saturated heterocycles. The number of nitrogens with zero attached hydrogens (tertiary/aromatic N) is 3. The number of ether oxygens (including phenoxy) is 1. The van der Waals surface area contributed by atoms with E-state index in [0.717, 1.165) is 16.3 Å². The number of imide groups is 1. The molecule has 0 saturated carbocycles. The maximum atomic E-state index is 12.7. The minimum absolute atomic E-state index is 0.0502. The average Bonchev–Trinajstić information content (AvgIpc) is 3.38. The van der Waals surface area contributed by atoms with Gasteiger partial charge in [-0.1, -0.05) is 11.8 Å². The van der Waals surface area contributed by atoms with Crippen LogP contribution in [-0.2, 0) is 18.4 Å². The lowest BCUT2D eigenvalue weighted by Gasteiger charge is -2.20. The van der Waals surface area contributed by atoms with Crippen LogP contribution in [0.3, 0.4) is 0 Å². The number of benzene rings is 2. The number of fused-ring (bicyclic) bond motifs is 2. The Kier molecular flexibility index (Phi) is 4.30. The van der Waals surface area contributed by atoms with Crippen molar-refractivity contribution in [3.63, 3.8) is 0 Å². The molecule has 1 fully saturated rings. The summed E-state index contributed by atoms with van der Waals surface area (Å²) in [5.74, 6) is 5.89. The second-order valence-corrected chi connectivity index (χ2v) is 7.67. The molecule has 4 aromatic rings. The van der Waals surface area contributed by atoms with Crippen molar-refractivity contribution in [3.8, 4) is 23.5 Å². The summed E-state index contributed by atoms with van der Waals surface area (Å²) in [5, 5.41) is 22.2. The van der Waals surface area contributed by atoms with Gasteiger partial charge in [0.15, 0.2) is 5.88 Å². The molecule has 0 bridgehead atoms. The van der Waals surface area contributed by atoms with Gasteiger partial charge in [0, 0.05) is 41.2 Å². The summed E-state index contributed by atoms with van der Waals surface area (Å²) in [6, 6.07) is 10.2. The number of nitrogens with one attached hydrogen (secondary N) is 2. The van der Waals surface area contributed by atoms with Crippen LogP contribution in [0.15, 0.2) is 48.8 Å². The highest BCUT2D eigenvalue weighted by molar-refractivity contribution is 6.09. The number of rotatable bonds is 3. The standard InChI is InChI=1S/C23H19N5O4/c1-27-11-16-9-14(3-6-19(16)26-27)7-8-23(21(30)24-22(31)25-23)13-28-12-15-4-5-17(32-2)10-18(15)20(28)29/h3-6,9-12,29H,13H2,1-2H3,(H2,24,25,30,31)/t23-/m1/s1. The third-order valence-electron chi connectivity index (χ3n) is 5.46. The summed E-state index contributed by atoms with van der Waals surface area (Å²) in [6.07, 6.45) is 3.57. The molecule has 160 valence electrons. The van der Waals surface area contributed by atoms with E-state index in [2.05, 4.69) is 27.6 Å². The zero-order valence-electron chi connectivity index (χ0n) is 17.3. The average molecular weight is 429 g/mol. The van der Waals surface area contributed by atoms with E-state index < -0.39 is 17.5 Å². The van der Waals surface area contributed by atoms with Gasteiger partial charge in [0.05, 0.1) is 19.2 Å². The third-order valence-corrected chi connectivity index (χ3v) is 5.46. The predicted molar refractivity (Wildman–Crippen MR) is 117 cm³/mol. The molecule has 3 N–H and O–H groups in total.